The van der Waals surface area contributed by atoms with Crippen molar-refractivity contribution >= 4 is 5.97 Å². The predicted molar refractivity (Wildman–Crippen MR) is 49.6 cm³/mol. The summed E-state index contributed by atoms with van der Waals surface area (Å²) in [7, 11) is 0. The van der Waals surface area contributed by atoms with Crippen molar-refractivity contribution in [3.05, 3.63) is 0 Å². The lowest BCUT2D eigenvalue weighted by Crippen LogP contribution is -2.47. The van der Waals surface area contributed by atoms with Gasteiger partial charge < -0.3 is 5.11 Å². The molecule has 1 heterocycles. The molecule has 74 valence electrons. The van der Waals surface area contributed by atoms with Gasteiger partial charge in [-0.3, -0.25) is 9.69 Å². The number of hydrogen-bond acceptors (Lipinski definition) is 2. The highest BCUT2D eigenvalue weighted by molar-refractivity contribution is 5.70. The standard InChI is InChI=1S/C10H17NO2/c12-10(13)8-3-2-6-11(7-8)9-4-1-5-9/h8-9H,1-7H2,(H,12,13). The third kappa shape index (κ3) is 1.85. The molecule has 1 saturated carbocycles. The summed E-state index contributed by atoms with van der Waals surface area (Å²) in [4.78, 5) is 13.2. The Morgan fingerprint density at radius 1 is 1.23 bits per heavy atom. The number of carboxylic acids is 1. The molecule has 1 unspecified atom stereocenters. The summed E-state index contributed by atoms with van der Waals surface area (Å²) < 4.78 is 0. The van der Waals surface area contributed by atoms with Gasteiger partial charge in [-0.15, -0.1) is 0 Å². The third-order valence-electron chi connectivity index (χ3n) is 3.39. The van der Waals surface area contributed by atoms with Crippen molar-refractivity contribution in [1.82, 2.24) is 4.90 Å². The fourth-order valence-corrected chi connectivity index (χ4v) is 2.29. The molecule has 0 amide bonds. The summed E-state index contributed by atoms with van der Waals surface area (Å²) in [5.41, 5.74) is 0. The first kappa shape index (κ1) is 9.00. The van der Waals surface area contributed by atoms with Crippen LogP contribution in [0.15, 0.2) is 0 Å². The van der Waals surface area contributed by atoms with Crippen LogP contribution in [-0.2, 0) is 4.79 Å². The van der Waals surface area contributed by atoms with Crippen LogP contribution in [0.4, 0.5) is 0 Å². The highest BCUT2D eigenvalue weighted by atomic mass is 16.4. The second-order valence-electron chi connectivity index (χ2n) is 4.26. The molecule has 1 atom stereocenters. The van der Waals surface area contributed by atoms with E-state index in [1.54, 1.807) is 0 Å². The molecule has 2 fully saturated rings. The summed E-state index contributed by atoms with van der Waals surface area (Å²) in [6.45, 7) is 1.91. The first-order valence-corrected chi connectivity index (χ1v) is 5.24. The maximum atomic E-state index is 10.8. The summed E-state index contributed by atoms with van der Waals surface area (Å²) in [5.74, 6) is -0.710. The lowest BCUT2D eigenvalue weighted by molar-refractivity contribution is -0.144. The molecular weight excluding hydrogens is 166 g/mol. The molecular formula is C10H17NO2. The number of piperidine rings is 1. The van der Waals surface area contributed by atoms with Crippen molar-refractivity contribution in [1.29, 1.82) is 0 Å². The first-order valence-electron chi connectivity index (χ1n) is 5.24. The van der Waals surface area contributed by atoms with E-state index < -0.39 is 5.97 Å². The smallest absolute Gasteiger partial charge is 0.307 e. The number of likely N-dealkylation sites (tertiary alicyclic amines) is 1. The second-order valence-corrected chi connectivity index (χ2v) is 4.26. The Bertz CT molecular complexity index is 201. The van der Waals surface area contributed by atoms with Crippen molar-refractivity contribution < 1.29 is 9.90 Å². The molecule has 0 spiro atoms. The number of hydrogen-bond donors (Lipinski definition) is 1. The van der Waals surface area contributed by atoms with Gasteiger partial charge in [0.2, 0.25) is 0 Å². The highest BCUT2D eigenvalue weighted by Gasteiger charge is 2.31. The van der Waals surface area contributed by atoms with Gasteiger partial charge >= 0.3 is 5.97 Å². The van der Waals surface area contributed by atoms with Gasteiger partial charge in [0.05, 0.1) is 5.92 Å². The second kappa shape index (κ2) is 3.66. The highest BCUT2D eigenvalue weighted by Crippen LogP contribution is 2.28. The Labute approximate surface area is 78.7 Å². The molecule has 0 aromatic heterocycles. The van der Waals surface area contributed by atoms with Crippen LogP contribution in [0, 0.1) is 5.92 Å². The van der Waals surface area contributed by atoms with Crippen LogP contribution in [0.1, 0.15) is 32.1 Å². The topological polar surface area (TPSA) is 40.5 Å². The zero-order valence-corrected chi connectivity index (χ0v) is 7.91. The van der Waals surface area contributed by atoms with E-state index in [1.807, 2.05) is 0 Å². The molecule has 2 rings (SSSR count). The van der Waals surface area contributed by atoms with E-state index in [4.69, 9.17) is 5.11 Å². The molecule has 1 aliphatic carbocycles. The number of carboxylic acid groups (broad SMARTS) is 1. The van der Waals surface area contributed by atoms with Gasteiger partial charge in [0, 0.05) is 12.6 Å². The largest absolute Gasteiger partial charge is 0.481 e. The molecule has 1 N–H and O–H groups in total. The molecule has 0 radical (unpaired) electrons. The Kier molecular flexibility index (Phi) is 2.54. The Hall–Kier alpha value is -0.570. The van der Waals surface area contributed by atoms with E-state index >= 15 is 0 Å². The van der Waals surface area contributed by atoms with E-state index in [2.05, 4.69) is 4.90 Å². The fraction of sp³-hybridized carbons (Fsp3) is 0.900. The quantitative estimate of drug-likeness (QED) is 0.702. The maximum absolute atomic E-state index is 10.8. The Morgan fingerprint density at radius 2 is 2.00 bits per heavy atom. The van der Waals surface area contributed by atoms with Crippen molar-refractivity contribution in [3.8, 4) is 0 Å². The average molecular weight is 183 g/mol. The van der Waals surface area contributed by atoms with Crippen molar-refractivity contribution in [3.63, 3.8) is 0 Å². The van der Waals surface area contributed by atoms with Crippen LogP contribution < -0.4 is 0 Å². The molecule has 13 heavy (non-hydrogen) atoms. The van der Waals surface area contributed by atoms with Crippen molar-refractivity contribution in [2.45, 2.75) is 38.1 Å². The lowest BCUT2D eigenvalue weighted by atomic mass is 9.88. The number of nitrogens with zero attached hydrogens (tertiary/aromatic N) is 1. The van der Waals surface area contributed by atoms with Gasteiger partial charge in [-0.1, -0.05) is 6.42 Å². The molecule has 0 bridgehead atoms. The molecule has 1 saturated heterocycles. The number of rotatable bonds is 2. The summed E-state index contributed by atoms with van der Waals surface area (Å²) in [5, 5.41) is 8.90. The van der Waals surface area contributed by atoms with E-state index in [-0.39, 0.29) is 5.92 Å². The van der Waals surface area contributed by atoms with Gasteiger partial charge in [-0.2, -0.15) is 0 Å². The monoisotopic (exact) mass is 183 g/mol. The zero-order valence-electron chi connectivity index (χ0n) is 7.91. The number of aliphatic carboxylic acids is 1. The Morgan fingerprint density at radius 3 is 2.54 bits per heavy atom. The van der Waals surface area contributed by atoms with Crippen molar-refractivity contribution in [2.24, 2.45) is 5.92 Å². The Balaban J connectivity index is 1.87. The maximum Gasteiger partial charge on any atom is 0.307 e. The van der Waals surface area contributed by atoms with E-state index in [0.717, 1.165) is 25.9 Å². The zero-order chi connectivity index (χ0) is 9.26. The minimum absolute atomic E-state index is 0.102. The summed E-state index contributed by atoms with van der Waals surface area (Å²) in [6, 6.07) is 0.710. The molecule has 3 nitrogen and oxygen atoms in total. The van der Waals surface area contributed by atoms with Gasteiger partial charge in [-0.05, 0) is 32.2 Å². The summed E-state index contributed by atoms with van der Waals surface area (Å²) >= 11 is 0. The summed E-state index contributed by atoms with van der Waals surface area (Å²) in [6.07, 6.45) is 5.84. The van der Waals surface area contributed by atoms with Crippen LogP contribution in [0.5, 0.6) is 0 Å². The number of carbonyl (C=O) groups is 1. The fourth-order valence-electron chi connectivity index (χ4n) is 2.29. The first-order chi connectivity index (χ1) is 6.27. The van der Waals surface area contributed by atoms with E-state index in [0.29, 0.717) is 6.04 Å². The molecule has 0 aromatic carbocycles. The molecule has 0 aromatic rings. The lowest BCUT2D eigenvalue weighted by Gasteiger charge is -2.41. The van der Waals surface area contributed by atoms with Gasteiger partial charge in [-0.25, -0.2) is 0 Å². The van der Waals surface area contributed by atoms with Gasteiger partial charge in [0.15, 0.2) is 0 Å². The molecule has 2 aliphatic rings. The minimum Gasteiger partial charge on any atom is -0.481 e. The van der Waals surface area contributed by atoms with Crippen LogP contribution in [-0.4, -0.2) is 35.1 Å². The van der Waals surface area contributed by atoms with Crippen LogP contribution in [0.3, 0.4) is 0 Å². The minimum atomic E-state index is -0.607. The van der Waals surface area contributed by atoms with E-state index in [9.17, 15) is 4.79 Å². The SMILES string of the molecule is O=C(O)C1CCCN(C2CCC2)C1. The predicted octanol–water partition coefficient (Wildman–Crippen LogP) is 1.34. The average Bonchev–Trinajstić information content (AvgIpc) is 2.01. The van der Waals surface area contributed by atoms with Gasteiger partial charge in [0.1, 0.15) is 0 Å². The van der Waals surface area contributed by atoms with Crippen LogP contribution in [0.25, 0.3) is 0 Å². The van der Waals surface area contributed by atoms with Crippen LogP contribution >= 0.6 is 0 Å². The van der Waals surface area contributed by atoms with Crippen LogP contribution in [0.2, 0.25) is 0 Å². The normalized spacial score (nSPS) is 31.2. The third-order valence-corrected chi connectivity index (χ3v) is 3.39. The van der Waals surface area contributed by atoms with Gasteiger partial charge in [0.25, 0.3) is 0 Å². The molecule has 3 heteroatoms. The van der Waals surface area contributed by atoms with E-state index in [1.165, 1.54) is 19.3 Å². The molecule has 1 aliphatic heterocycles. The van der Waals surface area contributed by atoms with Crippen molar-refractivity contribution in [2.75, 3.05) is 13.1 Å².